The zero-order chi connectivity index (χ0) is 17.7. The van der Waals surface area contributed by atoms with Crippen molar-refractivity contribution in [2.45, 2.75) is 38.8 Å². The summed E-state index contributed by atoms with van der Waals surface area (Å²) in [5.41, 5.74) is 2.80. The molecule has 1 aromatic rings. The van der Waals surface area contributed by atoms with Crippen molar-refractivity contribution in [2.75, 3.05) is 6.61 Å². The number of aromatic amines is 1. The Bertz CT molecular complexity index is 673. The van der Waals surface area contributed by atoms with Crippen molar-refractivity contribution in [1.29, 1.82) is 0 Å². The van der Waals surface area contributed by atoms with Gasteiger partial charge in [0.05, 0.1) is 0 Å². The first-order valence-corrected chi connectivity index (χ1v) is 7.77. The molecule has 0 saturated carbocycles. The molecule has 1 aliphatic carbocycles. The number of hydrogen-bond acceptors (Lipinski definition) is 4. The maximum atomic E-state index is 11.4. The molecule has 0 radical (unpaired) electrons. The summed E-state index contributed by atoms with van der Waals surface area (Å²) in [5, 5.41) is 21.1. The highest BCUT2D eigenvalue weighted by Crippen LogP contribution is 2.23. The molecule has 7 heteroatoms. The second kappa shape index (κ2) is 7.83. The number of nitrogens with one attached hydrogen (secondary N) is 2. The molecule has 130 valence electrons. The van der Waals surface area contributed by atoms with Crippen LogP contribution < -0.4 is 5.32 Å². The maximum absolute atomic E-state index is 11.4. The van der Waals surface area contributed by atoms with Crippen LogP contribution in [-0.4, -0.2) is 45.8 Å². The highest BCUT2D eigenvalue weighted by molar-refractivity contribution is 5.74. The van der Waals surface area contributed by atoms with E-state index >= 15 is 0 Å². The van der Waals surface area contributed by atoms with Crippen LogP contribution in [0.3, 0.4) is 0 Å². The van der Waals surface area contributed by atoms with Crippen molar-refractivity contribution in [3.05, 3.63) is 40.9 Å². The lowest BCUT2D eigenvalue weighted by Crippen LogP contribution is -2.42. The van der Waals surface area contributed by atoms with Gasteiger partial charge in [-0.15, -0.1) is 0 Å². The number of H-pyrrole nitrogens is 1. The predicted octanol–water partition coefficient (Wildman–Crippen LogP) is 1.56. The Morgan fingerprint density at radius 2 is 2.08 bits per heavy atom. The van der Waals surface area contributed by atoms with Crippen molar-refractivity contribution < 1.29 is 24.5 Å². The minimum Gasteiger partial charge on any atom is -0.482 e. The number of fused-ring (bicyclic) bond motifs is 1. The Hall–Kier alpha value is -2.54. The summed E-state index contributed by atoms with van der Waals surface area (Å²) in [6.45, 7) is 3.42. The van der Waals surface area contributed by atoms with E-state index in [1.165, 1.54) is 0 Å². The van der Waals surface area contributed by atoms with Gasteiger partial charge in [0.25, 0.3) is 0 Å². The first-order valence-electron chi connectivity index (χ1n) is 7.77. The number of carbonyl (C=O) groups is 2. The molecule has 0 aromatic carbocycles. The fraction of sp³-hybridized carbons (Fsp3) is 0.412. The summed E-state index contributed by atoms with van der Waals surface area (Å²) in [6, 6.07) is -0.594. The number of rotatable bonds is 8. The van der Waals surface area contributed by atoms with Crippen LogP contribution >= 0.6 is 0 Å². The summed E-state index contributed by atoms with van der Waals surface area (Å²) >= 11 is 0. The van der Waals surface area contributed by atoms with Crippen molar-refractivity contribution >= 4 is 18.0 Å². The van der Waals surface area contributed by atoms with Crippen molar-refractivity contribution in [3.8, 4) is 0 Å². The summed E-state index contributed by atoms with van der Waals surface area (Å²) in [6.07, 6.45) is 8.05. The topological polar surface area (TPSA) is 112 Å². The molecule has 1 heterocycles. The van der Waals surface area contributed by atoms with Gasteiger partial charge in [-0.3, -0.25) is 4.79 Å². The van der Waals surface area contributed by atoms with Gasteiger partial charge in [0.15, 0.2) is 6.61 Å². The molecular weight excluding hydrogens is 312 g/mol. The van der Waals surface area contributed by atoms with Crippen LogP contribution in [0.1, 0.15) is 30.7 Å². The van der Waals surface area contributed by atoms with E-state index in [-0.39, 0.29) is 6.04 Å². The Morgan fingerprint density at radius 3 is 2.71 bits per heavy atom. The molecule has 1 aliphatic rings. The highest BCUT2D eigenvalue weighted by atomic mass is 16.5. The fourth-order valence-corrected chi connectivity index (χ4v) is 2.61. The maximum Gasteiger partial charge on any atom is 0.341 e. The van der Waals surface area contributed by atoms with Crippen LogP contribution in [0, 0.1) is 0 Å². The van der Waals surface area contributed by atoms with Crippen LogP contribution in [0.25, 0.3) is 6.08 Å². The Balaban J connectivity index is 2.13. The van der Waals surface area contributed by atoms with Crippen LogP contribution in [0.15, 0.2) is 24.1 Å². The molecule has 7 nitrogen and oxygen atoms in total. The van der Waals surface area contributed by atoms with Gasteiger partial charge >= 0.3 is 11.9 Å². The van der Waals surface area contributed by atoms with Gasteiger partial charge < -0.3 is 25.3 Å². The summed E-state index contributed by atoms with van der Waals surface area (Å²) in [4.78, 5) is 25.1. The standard InChI is InChI=1S/C17H22N2O5/c1-10(2)19-15(17(22)23)7-11-8-18-14-6-4-12(3-5-13(11)14)24-9-16(20)21/h3-4,6,8,10,15,18-19H,5,7,9H2,1-2H3,(H,20,21)(H,22,23)/t15-/m0/s1. The number of allylic oxidation sites excluding steroid dienone is 2. The second-order valence-electron chi connectivity index (χ2n) is 5.95. The molecule has 1 atom stereocenters. The lowest BCUT2D eigenvalue weighted by molar-refractivity contribution is -0.141. The lowest BCUT2D eigenvalue weighted by atomic mass is 10.0. The molecule has 1 aromatic heterocycles. The van der Waals surface area contributed by atoms with E-state index in [2.05, 4.69) is 10.3 Å². The normalized spacial score (nSPS) is 14.7. The number of hydrogen-bond donors (Lipinski definition) is 4. The smallest absolute Gasteiger partial charge is 0.341 e. The Morgan fingerprint density at radius 1 is 1.33 bits per heavy atom. The van der Waals surface area contributed by atoms with Gasteiger partial charge in [-0.1, -0.05) is 13.8 Å². The number of carboxylic acid groups (broad SMARTS) is 2. The van der Waals surface area contributed by atoms with E-state index in [4.69, 9.17) is 9.84 Å². The summed E-state index contributed by atoms with van der Waals surface area (Å²) in [7, 11) is 0. The number of ether oxygens (including phenoxy) is 1. The van der Waals surface area contributed by atoms with E-state index in [1.54, 1.807) is 12.2 Å². The fourth-order valence-electron chi connectivity index (χ4n) is 2.61. The second-order valence-corrected chi connectivity index (χ2v) is 5.95. The van der Waals surface area contributed by atoms with E-state index in [0.29, 0.717) is 18.6 Å². The number of carboxylic acids is 2. The predicted molar refractivity (Wildman–Crippen MR) is 88.6 cm³/mol. The van der Waals surface area contributed by atoms with Crippen molar-refractivity contribution in [3.63, 3.8) is 0 Å². The highest BCUT2D eigenvalue weighted by Gasteiger charge is 2.22. The van der Waals surface area contributed by atoms with Gasteiger partial charge in [0.1, 0.15) is 11.8 Å². The van der Waals surface area contributed by atoms with Crippen molar-refractivity contribution in [2.24, 2.45) is 0 Å². The molecular formula is C17H22N2O5. The SMILES string of the molecule is CC(C)N[C@@H](Cc1c[nH]c2c1CC=C(OCC(=O)O)C=C2)C(=O)O. The quantitative estimate of drug-likeness (QED) is 0.574. The first-order chi connectivity index (χ1) is 11.4. The third-order valence-electron chi connectivity index (χ3n) is 3.66. The van der Waals surface area contributed by atoms with Crippen LogP contribution in [0.2, 0.25) is 0 Å². The first kappa shape index (κ1) is 17.8. The van der Waals surface area contributed by atoms with Gasteiger partial charge in [0.2, 0.25) is 0 Å². The largest absolute Gasteiger partial charge is 0.482 e. The van der Waals surface area contributed by atoms with Crippen LogP contribution in [-0.2, 0) is 27.2 Å². The molecule has 0 bridgehead atoms. The van der Waals surface area contributed by atoms with Crippen LogP contribution in [0.5, 0.6) is 0 Å². The number of aromatic nitrogens is 1. The van der Waals surface area contributed by atoms with Gasteiger partial charge in [-0.25, -0.2) is 4.79 Å². The van der Waals surface area contributed by atoms with E-state index in [0.717, 1.165) is 16.8 Å². The van der Waals surface area contributed by atoms with E-state index in [9.17, 15) is 14.7 Å². The number of aliphatic carboxylic acids is 2. The zero-order valence-electron chi connectivity index (χ0n) is 13.7. The van der Waals surface area contributed by atoms with Gasteiger partial charge in [-0.2, -0.15) is 0 Å². The third kappa shape index (κ3) is 4.73. The summed E-state index contributed by atoms with van der Waals surface area (Å²) < 4.78 is 5.19. The average molecular weight is 334 g/mol. The molecule has 2 rings (SSSR count). The molecule has 0 spiro atoms. The third-order valence-corrected chi connectivity index (χ3v) is 3.66. The minimum atomic E-state index is -1.03. The van der Waals surface area contributed by atoms with Crippen LogP contribution in [0.4, 0.5) is 0 Å². The molecule has 4 N–H and O–H groups in total. The Labute approximate surface area is 140 Å². The van der Waals surface area contributed by atoms with Gasteiger partial charge in [0, 0.05) is 24.4 Å². The van der Waals surface area contributed by atoms with Crippen molar-refractivity contribution in [1.82, 2.24) is 10.3 Å². The molecule has 0 unspecified atom stereocenters. The average Bonchev–Trinajstić information content (AvgIpc) is 2.75. The zero-order valence-corrected chi connectivity index (χ0v) is 13.7. The minimum absolute atomic E-state index is 0.0689. The monoisotopic (exact) mass is 334 g/mol. The molecule has 0 amide bonds. The van der Waals surface area contributed by atoms with E-state index < -0.39 is 24.6 Å². The molecule has 0 aliphatic heterocycles. The lowest BCUT2D eigenvalue weighted by Gasteiger charge is -2.17. The van der Waals surface area contributed by atoms with E-state index in [1.807, 2.05) is 26.1 Å². The molecule has 24 heavy (non-hydrogen) atoms. The molecule has 0 saturated heterocycles. The summed E-state index contributed by atoms with van der Waals surface area (Å²) in [5.74, 6) is -1.43. The Kier molecular flexibility index (Phi) is 5.81. The van der Waals surface area contributed by atoms with Gasteiger partial charge in [-0.05, 0) is 35.8 Å². The molecule has 0 fully saturated rings.